The van der Waals surface area contributed by atoms with Gasteiger partial charge in [-0.05, 0) is 31.2 Å². The molecule has 0 saturated carbocycles. The zero-order valence-corrected chi connectivity index (χ0v) is 12.9. The van der Waals surface area contributed by atoms with Gasteiger partial charge in [0, 0.05) is 0 Å². The minimum atomic E-state index is -0.439. The van der Waals surface area contributed by atoms with Crippen molar-refractivity contribution in [3.8, 4) is 0 Å². The number of rotatable bonds is 2. The summed E-state index contributed by atoms with van der Waals surface area (Å²) in [7, 11) is 0. The van der Waals surface area contributed by atoms with Crippen LogP contribution in [0.2, 0.25) is 0 Å². The molecule has 0 aliphatic carbocycles. The fraction of sp³-hybridized carbons (Fsp3) is 0.111. The summed E-state index contributed by atoms with van der Waals surface area (Å²) in [5.74, 6) is -0.717. The van der Waals surface area contributed by atoms with E-state index < -0.39 is 11.8 Å². The maximum absolute atomic E-state index is 12.7. The second-order valence-electron chi connectivity index (χ2n) is 5.62. The highest BCUT2D eigenvalue weighted by Crippen LogP contribution is 2.23. The zero-order chi connectivity index (χ0) is 16.8. The average Bonchev–Trinajstić information content (AvgIpc) is 3.04. The Morgan fingerprint density at radius 3 is 2.21 bits per heavy atom. The molecule has 0 spiro atoms. The molecule has 0 N–H and O–H groups in total. The number of aromatic nitrogens is 2. The first kappa shape index (κ1) is 14.3. The van der Waals surface area contributed by atoms with Gasteiger partial charge in [-0.2, -0.15) is 0 Å². The number of imidazole rings is 1. The molecule has 0 atom stereocenters. The lowest BCUT2D eigenvalue weighted by atomic mass is 10.1. The molecule has 2 aromatic carbocycles. The number of carbonyl (C=O) groups is 3. The third-order valence-electron chi connectivity index (χ3n) is 4.15. The molecule has 1 aromatic heterocycles. The lowest BCUT2D eigenvalue weighted by Crippen LogP contribution is -2.37. The number of hydrogen-bond donors (Lipinski definition) is 0. The first-order chi connectivity index (χ1) is 11.6. The molecule has 2 amide bonds. The average molecular weight is 319 g/mol. The van der Waals surface area contributed by atoms with E-state index in [1.54, 1.807) is 37.3 Å². The minimum absolute atomic E-state index is 0.312. The molecule has 0 saturated heterocycles. The Kier molecular flexibility index (Phi) is 3.06. The van der Waals surface area contributed by atoms with Crippen LogP contribution in [0.3, 0.4) is 0 Å². The largest absolute Gasteiger partial charge is 0.272 e. The quantitative estimate of drug-likeness (QED) is 0.679. The van der Waals surface area contributed by atoms with Crippen molar-refractivity contribution >= 4 is 28.8 Å². The smallest absolute Gasteiger partial charge is 0.262 e. The highest BCUT2D eigenvalue weighted by atomic mass is 16.2. The number of carbonyl (C=O) groups excluding carboxylic acids is 3. The molecule has 4 rings (SSSR count). The van der Waals surface area contributed by atoms with Gasteiger partial charge in [-0.25, -0.2) is 4.98 Å². The molecule has 1 aliphatic heterocycles. The first-order valence-corrected chi connectivity index (χ1v) is 7.50. The molecule has 0 bridgehead atoms. The van der Waals surface area contributed by atoms with E-state index in [0.717, 1.165) is 4.90 Å². The summed E-state index contributed by atoms with van der Waals surface area (Å²) < 4.78 is 1.44. The monoisotopic (exact) mass is 319 g/mol. The second kappa shape index (κ2) is 5.13. The molecule has 118 valence electrons. The Morgan fingerprint density at radius 2 is 1.54 bits per heavy atom. The van der Waals surface area contributed by atoms with Crippen molar-refractivity contribution < 1.29 is 14.4 Å². The molecule has 24 heavy (non-hydrogen) atoms. The number of para-hydroxylation sites is 2. The van der Waals surface area contributed by atoms with Crippen LogP contribution in [0.4, 0.5) is 0 Å². The molecule has 6 heteroatoms. The van der Waals surface area contributed by atoms with Crippen molar-refractivity contribution in [2.75, 3.05) is 6.54 Å². The van der Waals surface area contributed by atoms with Gasteiger partial charge < -0.3 is 0 Å². The van der Waals surface area contributed by atoms with E-state index in [4.69, 9.17) is 0 Å². The Balaban J connectivity index is 1.69. The molecule has 2 heterocycles. The van der Waals surface area contributed by atoms with E-state index >= 15 is 0 Å². The lowest BCUT2D eigenvalue weighted by molar-refractivity contribution is 0.0605. The molecule has 0 radical (unpaired) electrons. The van der Waals surface area contributed by atoms with Crippen LogP contribution in [0.25, 0.3) is 11.0 Å². The van der Waals surface area contributed by atoms with Crippen LogP contribution < -0.4 is 0 Å². The van der Waals surface area contributed by atoms with E-state index in [2.05, 4.69) is 4.98 Å². The minimum Gasteiger partial charge on any atom is -0.272 e. The van der Waals surface area contributed by atoms with E-state index in [9.17, 15) is 14.4 Å². The second-order valence-corrected chi connectivity index (χ2v) is 5.62. The van der Waals surface area contributed by atoms with Gasteiger partial charge in [-0.1, -0.05) is 24.3 Å². The van der Waals surface area contributed by atoms with Crippen LogP contribution in [0.1, 0.15) is 31.3 Å². The lowest BCUT2D eigenvalue weighted by Gasteiger charge is -2.14. The fourth-order valence-electron chi connectivity index (χ4n) is 3.05. The van der Waals surface area contributed by atoms with E-state index in [1.807, 2.05) is 18.2 Å². The van der Waals surface area contributed by atoms with Gasteiger partial charge in [0.25, 0.3) is 17.7 Å². The third-order valence-corrected chi connectivity index (χ3v) is 4.15. The van der Waals surface area contributed by atoms with Gasteiger partial charge in [-0.15, -0.1) is 0 Å². The van der Waals surface area contributed by atoms with E-state index in [1.165, 1.54) is 4.57 Å². The molecule has 1 aliphatic rings. The van der Waals surface area contributed by atoms with Gasteiger partial charge in [0.15, 0.2) is 0 Å². The number of fused-ring (bicyclic) bond motifs is 2. The number of imide groups is 1. The van der Waals surface area contributed by atoms with Crippen LogP contribution in [0.15, 0.2) is 48.5 Å². The first-order valence-electron chi connectivity index (χ1n) is 7.50. The van der Waals surface area contributed by atoms with Gasteiger partial charge in [-0.3, -0.25) is 23.9 Å². The van der Waals surface area contributed by atoms with Crippen LogP contribution in [-0.4, -0.2) is 38.7 Å². The highest BCUT2D eigenvalue weighted by Gasteiger charge is 2.36. The van der Waals surface area contributed by atoms with Crippen molar-refractivity contribution in [2.45, 2.75) is 6.92 Å². The van der Waals surface area contributed by atoms with Crippen molar-refractivity contribution in [2.24, 2.45) is 0 Å². The Labute approximate surface area is 137 Å². The summed E-state index contributed by atoms with van der Waals surface area (Å²) in [5.41, 5.74) is 2.03. The SMILES string of the molecule is Cc1nc2ccccc2n1C(=O)CN1C(=O)c2ccccc2C1=O. The highest BCUT2D eigenvalue weighted by molar-refractivity contribution is 6.22. The third kappa shape index (κ3) is 1.96. The molecule has 6 nitrogen and oxygen atoms in total. The Bertz CT molecular complexity index is 984. The maximum Gasteiger partial charge on any atom is 0.262 e. The molecular formula is C18H13N3O3. The van der Waals surface area contributed by atoms with Crippen molar-refractivity contribution in [1.29, 1.82) is 0 Å². The predicted molar refractivity (Wildman–Crippen MR) is 86.9 cm³/mol. The maximum atomic E-state index is 12.7. The summed E-state index contributed by atoms with van der Waals surface area (Å²) in [6.45, 7) is 1.41. The van der Waals surface area contributed by atoms with Crippen LogP contribution in [0.5, 0.6) is 0 Å². The number of nitrogens with zero attached hydrogens (tertiary/aromatic N) is 3. The van der Waals surface area contributed by atoms with Crippen molar-refractivity contribution in [3.63, 3.8) is 0 Å². The molecule has 0 fully saturated rings. The fourth-order valence-corrected chi connectivity index (χ4v) is 3.05. The van der Waals surface area contributed by atoms with E-state index in [0.29, 0.717) is 28.0 Å². The van der Waals surface area contributed by atoms with Gasteiger partial charge >= 0.3 is 0 Å². The predicted octanol–water partition coefficient (Wildman–Crippen LogP) is 2.28. The Morgan fingerprint density at radius 1 is 0.958 bits per heavy atom. The summed E-state index contributed by atoms with van der Waals surface area (Å²) in [5, 5.41) is 0. The number of aryl methyl sites for hydroxylation is 1. The van der Waals surface area contributed by atoms with Gasteiger partial charge in [0.05, 0.1) is 22.2 Å². The van der Waals surface area contributed by atoms with Crippen LogP contribution >= 0.6 is 0 Å². The van der Waals surface area contributed by atoms with Crippen molar-refractivity contribution in [1.82, 2.24) is 14.5 Å². The number of amides is 2. The number of hydrogen-bond acceptors (Lipinski definition) is 4. The topological polar surface area (TPSA) is 72.3 Å². The van der Waals surface area contributed by atoms with Crippen LogP contribution in [-0.2, 0) is 0 Å². The van der Waals surface area contributed by atoms with Crippen LogP contribution in [0, 0.1) is 6.92 Å². The standard InChI is InChI=1S/C18H13N3O3/c1-11-19-14-8-4-5-9-15(14)21(11)16(22)10-20-17(23)12-6-2-3-7-13(12)18(20)24/h2-9H,10H2,1H3. The Hall–Kier alpha value is -3.28. The summed E-state index contributed by atoms with van der Waals surface area (Å²) >= 11 is 0. The molecule has 0 unspecified atom stereocenters. The summed E-state index contributed by atoms with van der Waals surface area (Å²) in [4.78, 5) is 42.8. The normalized spacial score (nSPS) is 13.6. The summed E-state index contributed by atoms with van der Waals surface area (Å²) in [6, 6.07) is 13.8. The van der Waals surface area contributed by atoms with Crippen molar-refractivity contribution in [3.05, 3.63) is 65.5 Å². The van der Waals surface area contributed by atoms with Gasteiger partial charge in [0.2, 0.25) is 0 Å². The zero-order valence-electron chi connectivity index (χ0n) is 12.9. The molecule has 3 aromatic rings. The van der Waals surface area contributed by atoms with Gasteiger partial charge in [0.1, 0.15) is 12.4 Å². The van der Waals surface area contributed by atoms with E-state index in [-0.39, 0.29) is 12.5 Å². The number of benzene rings is 2. The molecular weight excluding hydrogens is 306 g/mol. The summed E-state index contributed by atoms with van der Waals surface area (Å²) in [6.07, 6.45) is 0.